The zero-order valence-electron chi connectivity index (χ0n) is 11.7. The van der Waals surface area contributed by atoms with Gasteiger partial charge in [0.25, 0.3) is 0 Å². The molecule has 0 aliphatic heterocycles. The number of aliphatic hydroxyl groups is 1. The van der Waals surface area contributed by atoms with Gasteiger partial charge in [0.1, 0.15) is 0 Å². The van der Waals surface area contributed by atoms with Crippen LogP contribution in [0, 0.1) is 6.92 Å². The fourth-order valence-electron chi connectivity index (χ4n) is 1.74. The summed E-state index contributed by atoms with van der Waals surface area (Å²) in [6, 6.07) is 6.63. The molecule has 0 aliphatic rings. The molecule has 1 aromatic rings. The highest BCUT2D eigenvalue weighted by Crippen LogP contribution is 2.18. The third-order valence-corrected chi connectivity index (χ3v) is 2.91. The monoisotopic (exact) mass is 235 g/mol. The summed E-state index contributed by atoms with van der Waals surface area (Å²) in [6.07, 6.45) is 0. The van der Waals surface area contributed by atoms with Crippen LogP contribution in [0.1, 0.15) is 50.3 Å². The van der Waals surface area contributed by atoms with Gasteiger partial charge in [-0.2, -0.15) is 0 Å². The Morgan fingerprint density at radius 1 is 1.29 bits per heavy atom. The standard InChI is InChI=1S/C15H25NO/c1-11(2)13-7-6-12(3)14(8-13)9-16-10-15(4,5)17/h6-8,11,16-17H,9-10H2,1-5H3. The summed E-state index contributed by atoms with van der Waals surface area (Å²) >= 11 is 0. The van der Waals surface area contributed by atoms with Gasteiger partial charge in [0.2, 0.25) is 0 Å². The first kappa shape index (κ1) is 14.2. The van der Waals surface area contributed by atoms with Gasteiger partial charge in [0.15, 0.2) is 0 Å². The highest BCUT2D eigenvalue weighted by molar-refractivity contribution is 5.32. The van der Waals surface area contributed by atoms with Crippen LogP contribution in [0.3, 0.4) is 0 Å². The quantitative estimate of drug-likeness (QED) is 0.822. The molecule has 0 radical (unpaired) electrons. The first-order valence-corrected chi connectivity index (χ1v) is 6.32. The van der Waals surface area contributed by atoms with E-state index in [1.807, 2.05) is 13.8 Å². The Hall–Kier alpha value is -0.860. The molecule has 0 aliphatic carbocycles. The van der Waals surface area contributed by atoms with Crippen molar-refractivity contribution in [1.29, 1.82) is 0 Å². The average molecular weight is 235 g/mol. The average Bonchev–Trinajstić information content (AvgIpc) is 2.18. The van der Waals surface area contributed by atoms with Gasteiger partial charge >= 0.3 is 0 Å². The van der Waals surface area contributed by atoms with Crippen LogP contribution >= 0.6 is 0 Å². The predicted octanol–water partition coefficient (Wildman–Crippen LogP) is 2.98. The van der Waals surface area contributed by atoms with E-state index < -0.39 is 5.60 Å². The molecule has 0 aromatic heterocycles. The van der Waals surface area contributed by atoms with Crippen molar-refractivity contribution >= 4 is 0 Å². The number of hydrogen-bond acceptors (Lipinski definition) is 2. The largest absolute Gasteiger partial charge is 0.389 e. The van der Waals surface area contributed by atoms with Crippen LogP contribution in [0.5, 0.6) is 0 Å². The van der Waals surface area contributed by atoms with E-state index >= 15 is 0 Å². The minimum atomic E-state index is -0.649. The maximum Gasteiger partial charge on any atom is 0.0715 e. The third-order valence-electron chi connectivity index (χ3n) is 2.91. The van der Waals surface area contributed by atoms with Crippen molar-refractivity contribution in [2.75, 3.05) is 6.54 Å². The minimum absolute atomic E-state index is 0.559. The summed E-state index contributed by atoms with van der Waals surface area (Å²) in [5.74, 6) is 0.559. The molecule has 1 aromatic carbocycles. The van der Waals surface area contributed by atoms with Crippen molar-refractivity contribution < 1.29 is 5.11 Å². The molecule has 0 saturated heterocycles. The summed E-state index contributed by atoms with van der Waals surface area (Å²) in [7, 11) is 0. The second kappa shape index (κ2) is 5.65. The van der Waals surface area contributed by atoms with Crippen molar-refractivity contribution in [3.05, 3.63) is 34.9 Å². The van der Waals surface area contributed by atoms with Crippen LogP contribution < -0.4 is 5.32 Å². The second-order valence-corrected chi connectivity index (χ2v) is 5.76. The Bertz CT molecular complexity index is 364. The lowest BCUT2D eigenvalue weighted by molar-refractivity contribution is 0.0795. The van der Waals surface area contributed by atoms with E-state index in [4.69, 9.17) is 0 Å². The number of hydrogen-bond donors (Lipinski definition) is 2. The van der Waals surface area contributed by atoms with Gasteiger partial charge < -0.3 is 10.4 Å². The second-order valence-electron chi connectivity index (χ2n) is 5.76. The van der Waals surface area contributed by atoms with Crippen molar-refractivity contribution in [2.24, 2.45) is 0 Å². The van der Waals surface area contributed by atoms with Crippen LogP contribution in [-0.4, -0.2) is 17.3 Å². The maximum atomic E-state index is 9.65. The summed E-state index contributed by atoms with van der Waals surface area (Å²) in [5, 5.41) is 12.9. The van der Waals surface area contributed by atoms with E-state index in [-0.39, 0.29) is 0 Å². The molecule has 1 rings (SSSR count). The summed E-state index contributed by atoms with van der Waals surface area (Å²) in [5.41, 5.74) is 3.34. The normalized spacial score (nSPS) is 12.2. The number of benzene rings is 1. The van der Waals surface area contributed by atoms with Crippen LogP contribution in [0.4, 0.5) is 0 Å². The SMILES string of the molecule is Cc1ccc(C(C)C)cc1CNCC(C)(C)O. The number of aryl methyl sites for hydroxylation is 1. The minimum Gasteiger partial charge on any atom is -0.389 e. The lowest BCUT2D eigenvalue weighted by Crippen LogP contribution is -2.34. The molecular weight excluding hydrogens is 210 g/mol. The smallest absolute Gasteiger partial charge is 0.0715 e. The zero-order valence-corrected chi connectivity index (χ0v) is 11.7. The summed E-state index contributed by atoms with van der Waals surface area (Å²) < 4.78 is 0. The van der Waals surface area contributed by atoms with E-state index in [2.05, 4.69) is 44.3 Å². The Kier molecular flexibility index (Phi) is 4.72. The van der Waals surface area contributed by atoms with Gasteiger partial charge in [-0.15, -0.1) is 0 Å². The lowest BCUT2D eigenvalue weighted by Gasteiger charge is -2.18. The fraction of sp³-hybridized carbons (Fsp3) is 0.600. The molecule has 0 saturated carbocycles. The van der Waals surface area contributed by atoms with Crippen molar-refractivity contribution in [3.63, 3.8) is 0 Å². The highest BCUT2D eigenvalue weighted by atomic mass is 16.3. The first-order valence-electron chi connectivity index (χ1n) is 6.32. The van der Waals surface area contributed by atoms with Gasteiger partial charge in [-0.25, -0.2) is 0 Å². The van der Waals surface area contributed by atoms with Crippen LogP contribution in [0.15, 0.2) is 18.2 Å². The Labute approximate surface area is 105 Å². The van der Waals surface area contributed by atoms with E-state index in [1.54, 1.807) is 0 Å². The topological polar surface area (TPSA) is 32.3 Å². The van der Waals surface area contributed by atoms with E-state index in [0.717, 1.165) is 6.54 Å². The van der Waals surface area contributed by atoms with Crippen LogP contribution in [0.25, 0.3) is 0 Å². The molecule has 0 heterocycles. The summed E-state index contributed by atoms with van der Waals surface area (Å²) in [6.45, 7) is 11.6. The van der Waals surface area contributed by atoms with E-state index in [0.29, 0.717) is 12.5 Å². The van der Waals surface area contributed by atoms with Crippen molar-refractivity contribution in [3.8, 4) is 0 Å². The maximum absolute atomic E-state index is 9.65. The van der Waals surface area contributed by atoms with Gasteiger partial charge in [0.05, 0.1) is 5.60 Å². The molecule has 96 valence electrons. The van der Waals surface area contributed by atoms with Gasteiger partial charge in [-0.3, -0.25) is 0 Å². The van der Waals surface area contributed by atoms with Crippen molar-refractivity contribution in [1.82, 2.24) is 5.32 Å². The zero-order chi connectivity index (χ0) is 13.1. The van der Waals surface area contributed by atoms with Gasteiger partial charge in [-0.05, 0) is 43.4 Å². The van der Waals surface area contributed by atoms with Crippen molar-refractivity contribution in [2.45, 2.75) is 52.7 Å². The highest BCUT2D eigenvalue weighted by Gasteiger charge is 2.11. The van der Waals surface area contributed by atoms with E-state index in [9.17, 15) is 5.11 Å². The molecule has 17 heavy (non-hydrogen) atoms. The molecule has 2 nitrogen and oxygen atoms in total. The molecule has 0 unspecified atom stereocenters. The van der Waals surface area contributed by atoms with Crippen LogP contribution in [-0.2, 0) is 6.54 Å². The molecule has 0 spiro atoms. The first-order chi connectivity index (χ1) is 7.79. The molecule has 0 fully saturated rings. The molecule has 2 heteroatoms. The Morgan fingerprint density at radius 3 is 2.47 bits per heavy atom. The number of nitrogens with one attached hydrogen (secondary N) is 1. The molecule has 0 bridgehead atoms. The Balaban J connectivity index is 2.67. The third kappa shape index (κ3) is 4.88. The number of rotatable bonds is 5. The Morgan fingerprint density at radius 2 is 1.94 bits per heavy atom. The molecular formula is C15H25NO. The lowest BCUT2D eigenvalue weighted by atomic mass is 9.98. The molecule has 0 amide bonds. The van der Waals surface area contributed by atoms with Gasteiger partial charge in [0, 0.05) is 13.1 Å². The molecule has 0 atom stereocenters. The summed E-state index contributed by atoms with van der Waals surface area (Å²) in [4.78, 5) is 0. The van der Waals surface area contributed by atoms with Gasteiger partial charge in [-0.1, -0.05) is 32.0 Å². The molecule has 2 N–H and O–H groups in total. The predicted molar refractivity (Wildman–Crippen MR) is 73.3 cm³/mol. The van der Waals surface area contributed by atoms with E-state index in [1.165, 1.54) is 16.7 Å². The van der Waals surface area contributed by atoms with Crippen LogP contribution in [0.2, 0.25) is 0 Å². The fourth-order valence-corrected chi connectivity index (χ4v) is 1.74.